The van der Waals surface area contributed by atoms with Crippen LogP contribution in [0.3, 0.4) is 0 Å². The molecule has 200 valence electrons. The maximum absolute atomic E-state index is 13.1. The van der Waals surface area contributed by atoms with Crippen molar-refractivity contribution in [3.8, 4) is 0 Å². The van der Waals surface area contributed by atoms with E-state index < -0.39 is 35.1 Å². The second-order valence-corrected chi connectivity index (χ2v) is 10.5. The van der Waals surface area contributed by atoms with Crippen molar-refractivity contribution in [2.45, 2.75) is 18.0 Å². The van der Waals surface area contributed by atoms with Crippen molar-refractivity contribution in [2.75, 3.05) is 18.6 Å². The normalized spacial score (nSPS) is 18.9. The van der Waals surface area contributed by atoms with Gasteiger partial charge in [0, 0.05) is 28.8 Å². The number of para-hydroxylation sites is 1. The number of nitrogens with two attached hydrogens (primary N) is 2. The van der Waals surface area contributed by atoms with Crippen LogP contribution in [0.4, 0.5) is 5.13 Å². The molecule has 1 aromatic carbocycles. The van der Waals surface area contributed by atoms with Gasteiger partial charge in [-0.1, -0.05) is 17.3 Å². The van der Waals surface area contributed by atoms with Crippen LogP contribution < -0.4 is 26.5 Å². The Balaban J connectivity index is 1.41. The lowest BCUT2D eigenvalue weighted by Crippen LogP contribution is -2.71. The monoisotopic (exact) mass is 567 g/mol. The number of fused-ring (bicyclic) bond motifs is 2. The summed E-state index contributed by atoms with van der Waals surface area (Å²) < 4.78 is 1.78. The van der Waals surface area contributed by atoms with Crippen LogP contribution in [-0.2, 0) is 25.8 Å². The predicted molar refractivity (Wildman–Crippen MR) is 140 cm³/mol. The number of nitrogens with zero attached hydrogens (tertiary/aromatic N) is 4. The topological polar surface area (TPSA) is 197 Å². The number of aromatic nitrogens is 2. The number of carboxylic acid groups (broad SMARTS) is 1. The molecule has 0 aliphatic carbocycles. The van der Waals surface area contributed by atoms with Gasteiger partial charge in [0.2, 0.25) is 11.4 Å². The minimum atomic E-state index is -1.51. The first-order valence-electron chi connectivity index (χ1n) is 11.4. The summed E-state index contributed by atoms with van der Waals surface area (Å²) in [7, 11) is 1.26. The molecule has 4 heterocycles. The number of pyridine rings is 1. The standard InChI is InChI=1S/C24H21N7O6S2/c1-37-29-16(14-10-39-24(26)27-14)20(33)28-17-21(34)31-18(23(35)36)11(9-38-22(17)31)8-30-7-6-13(19(25)32)12-4-2-3-5-15(12)30/h2-7,10,17,22H,8-9H2,1H3,(H5-,25,26,27,28,32,33,35,36)/t17?,22-/m0/s1. The fourth-order valence-corrected chi connectivity index (χ4v) is 6.42. The number of hydrogen-bond acceptors (Lipinski definition) is 11. The number of rotatable bonds is 8. The fraction of sp³-hybridized carbons (Fsp3) is 0.208. The molecule has 5 rings (SSSR count). The Morgan fingerprint density at radius 3 is 2.74 bits per heavy atom. The highest BCUT2D eigenvalue weighted by Crippen LogP contribution is 2.40. The molecule has 3 amide bonds. The van der Waals surface area contributed by atoms with E-state index in [0.717, 1.165) is 16.2 Å². The average Bonchev–Trinajstić information content (AvgIpc) is 3.35. The molecular weight excluding hydrogens is 546 g/mol. The maximum atomic E-state index is 13.1. The first-order chi connectivity index (χ1) is 18.7. The zero-order chi connectivity index (χ0) is 27.8. The number of carbonyl (C=O) groups excluding carboxylic acids is 4. The van der Waals surface area contributed by atoms with E-state index in [0.29, 0.717) is 22.0 Å². The summed E-state index contributed by atoms with van der Waals surface area (Å²) in [6.45, 7) is 0.124. The van der Waals surface area contributed by atoms with Crippen LogP contribution >= 0.6 is 23.1 Å². The van der Waals surface area contributed by atoms with E-state index in [9.17, 15) is 24.3 Å². The Labute approximate surface area is 229 Å². The first-order valence-corrected chi connectivity index (χ1v) is 13.4. The van der Waals surface area contributed by atoms with Gasteiger partial charge >= 0.3 is 0 Å². The molecule has 2 aliphatic heterocycles. The summed E-state index contributed by atoms with van der Waals surface area (Å²) in [4.78, 5) is 60.0. The number of amides is 3. The van der Waals surface area contributed by atoms with Crippen molar-refractivity contribution in [2.24, 2.45) is 10.9 Å². The van der Waals surface area contributed by atoms with Crippen LogP contribution in [0.5, 0.6) is 0 Å². The van der Waals surface area contributed by atoms with E-state index in [1.54, 1.807) is 41.1 Å². The summed E-state index contributed by atoms with van der Waals surface area (Å²) >= 11 is 2.41. The van der Waals surface area contributed by atoms with Crippen molar-refractivity contribution in [3.63, 3.8) is 0 Å². The van der Waals surface area contributed by atoms with Crippen molar-refractivity contribution in [3.05, 3.63) is 64.4 Å². The molecule has 39 heavy (non-hydrogen) atoms. The molecule has 0 bridgehead atoms. The number of β-lactam (4-membered cyclic amide) rings is 1. The third-order valence-corrected chi connectivity index (χ3v) is 8.25. The molecule has 2 aliphatic rings. The van der Waals surface area contributed by atoms with E-state index in [-0.39, 0.29) is 34.5 Å². The lowest BCUT2D eigenvalue weighted by atomic mass is 10.0. The molecule has 13 nitrogen and oxygen atoms in total. The third-order valence-electron chi connectivity index (χ3n) is 6.24. The zero-order valence-corrected chi connectivity index (χ0v) is 22.0. The highest BCUT2D eigenvalue weighted by atomic mass is 32.2. The zero-order valence-electron chi connectivity index (χ0n) is 20.3. The number of anilines is 1. The molecule has 15 heteroatoms. The minimum absolute atomic E-state index is 0.124. The van der Waals surface area contributed by atoms with Gasteiger partial charge in [-0.15, -0.1) is 23.1 Å². The van der Waals surface area contributed by atoms with Crippen molar-refractivity contribution in [1.82, 2.24) is 15.2 Å². The van der Waals surface area contributed by atoms with Crippen LogP contribution in [0.2, 0.25) is 0 Å². The molecule has 1 saturated heterocycles. The van der Waals surface area contributed by atoms with Crippen molar-refractivity contribution >= 4 is 68.5 Å². The molecule has 0 saturated carbocycles. The van der Waals surface area contributed by atoms with Gasteiger partial charge in [-0.2, -0.15) is 4.57 Å². The molecule has 2 atom stereocenters. The lowest BCUT2D eigenvalue weighted by molar-refractivity contribution is -0.663. The number of carboxylic acids is 1. The Morgan fingerprint density at radius 1 is 1.31 bits per heavy atom. The van der Waals surface area contributed by atoms with Gasteiger partial charge in [0.15, 0.2) is 23.6 Å². The molecular formula is C24H21N7O6S2. The van der Waals surface area contributed by atoms with Gasteiger partial charge in [0.05, 0.1) is 22.6 Å². The molecule has 0 spiro atoms. The number of primary amides is 1. The van der Waals surface area contributed by atoms with E-state index in [2.05, 4.69) is 15.5 Å². The second kappa shape index (κ2) is 10.3. The van der Waals surface area contributed by atoms with E-state index in [1.807, 2.05) is 0 Å². The van der Waals surface area contributed by atoms with Gasteiger partial charge in [-0.05, 0) is 6.07 Å². The van der Waals surface area contributed by atoms with Gasteiger partial charge in [0.25, 0.3) is 11.8 Å². The molecule has 5 N–H and O–H groups in total. The van der Waals surface area contributed by atoms with Crippen LogP contribution in [0.15, 0.2) is 58.3 Å². The Morgan fingerprint density at radius 2 is 2.08 bits per heavy atom. The van der Waals surface area contributed by atoms with Crippen molar-refractivity contribution in [1.29, 1.82) is 0 Å². The summed E-state index contributed by atoms with van der Waals surface area (Å²) in [5, 5.41) is 20.2. The number of thioether (sulfide) groups is 1. The number of oxime groups is 1. The van der Waals surface area contributed by atoms with E-state index >= 15 is 0 Å². The third kappa shape index (κ3) is 4.66. The first kappa shape index (κ1) is 26.1. The molecule has 1 unspecified atom stereocenters. The number of benzene rings is 1. The van der Waals surface area contributed by atoms with E-state index in [1.165, 1.54) is 24.3 Å². The number of nitrogen functional groups attached to an aromatic ring is 1. The Bertz CT molecular complexity index is 1600. The summed E-state index contributed by atoms with van der Waals surface area (Å²) in [5.74, 6) is -3.16. The predicted octanol–water partition coefficient (Wildman–Crippen LogP) is -1.28. The molecule has 1 fully saturated rings. The Hall–Kier alpha value is -4.50. The van der Waals surface area contributed by atoms with E-state index in [4.69, 9.17) is 16.3 Å². The van der Waals surface area contributed by atoms with Gasteiger partial charge in [-0.3, -0.25) is 19.3 Å². The molecule has 0 radical (unpaired) electrons. The number of carbonyl (C=O) groups is 4. The summed E-state index contributed by atoms with van der Waals surface area (Å²) in [5.41, 5.74) is 12.4. The number of nitrogens with one attached hydrogen (secondary N) is 1. The number of hydrogen-bond donors (Lipinski definition) is 3. The summed E-state index contributed by atoms with van der Waals surface area (Å²) in [6.07, 6.45) is 1.64. The summed E-state index contributed by atoms with van der Waals surface area (Å²) in [6, 6.07) is 7.66. The van der Waals surface area contributed by atoms with Gasteiger partial charge in [0.1, 0.15) is 24.2 Å². The Kier molecular flexibility index (Phi) is 6.93. The largest absolute Gasteiger partial charge is 0.543 e. The SMILES string of the molecule is CON=C(C(=O)NC1C(=O)N2C(C(=O)[O-])=C(C[n+]3ccc(C(N)=O)c4ccccc43)CS[C@@H]12)c1csc(N)n1. The molecule has 3 aromatic rings. The van der Waals surface area contributed by atoms with Crippen molar-refractivity contribution < 1.29 is 33.7 Å². The second-order valence-electron chi connectivity index (χ2n) is 8.53. The highest BCUT2D eigenvalue weighted by Gasteiger charge is 2.53. The van der Waals surface area contributed by atoms with Gasteiger partial charge in [-0.25, -0.2) is 4.98 Å². The maximum Gasteiger partial charge on any atom is 0.276 e. The van der Waals surface area contributed by atoms with Crippen LogP contribution in [0.1, 0.15) is 16.1 Å². The average molecular weight is 568 g/mol. The molecule has 2 aromatic heterocycles. The lowest BCUT2D eigenvalue weighted by Gasteiger charge is -2.50. The minimum Gasteiger partial charge on any atom is -0.543 e. The van der Waals surface area contributed by atoms with Crippen LogP contribution in [-0.4, -0.2) is 63.6 Å². The van der Waals surface area contributed by atoms with Gasteiger partial charge < -0.3 is 31.5 Å². The highest BCUT2D eigenvalue weighted by molar-refractivity contribution is 8.00. The van der Waals surface area contributed by atoms with Crippen LogP contribution in [0.25, 0.3) is 10.9 Å². The smallest absolute Gasteiger partial charge is 0.276 e. The fourth-order valence-electron chi connectivity index (χ4n) is 4.54. The number of aliphatic carboxylic acids is 1. The number of thiazole rings is 1. The quantitative estimate of drug-likeness (QED) is 0.128. The van der Waals surface area contributed by atoms with Crippen LogP contribution in [0, 0.1) is 0 Å².